The molecule has 0 aliphatic heterocycles. The largest absolute Gasteiger partial charge is 0.355 e. The highest BCUT2D eigenvalue weighted by Crippen LogP contribution is 2.23. The Morgan fingerprint density at radius 2 is 1.67 bits per heavy atom. The number of carbonyl (C=O) groups is 1. The van der Waals surface area contributed by atoms with Gasteiger partial charge in [-0.2, -0.15) is 0 Å². The molecule has 0 aliphatic carbocycles. The van der Waals surface area contributed by atoms with Crippen molar-refractivity contribution in [1.29, 1.82) is 0 Å². The quantitative estimate of drug-likeness (QED) is 0.526. The molecule has 0 aliphatic rings. The summed E-state index contributed by atoms with van der Waals surface area (Å²) >= 11 is 0. The molecule has 2 aromatic heterocycles. The van der Waals surface area contributed by atoms with E-state index in [0.717, 1.165) is 16.8 Å². The van der Waals surface area contributed by atoms with Gasteiger partial charge in [0.1, 0.15) is 0 Å². The first-order valence-electron chi connectivity index (χ1n) is 8.59. The maximum Gasteiger partial charge on any atom is 0.280 e. The van der Waals surface area contributed by atoms with Crippen LogP contribution in [0.5, 0.6) is 0 Å². The monoisotopic (exact) mass is 355 g/mol. The first-order chi connectivity index (χ1) is 13.3. The van der Waals surface area contributed by atoms with Crippen molar-refractivity contribution in [3.8, 4) is 11.3 Å². The van der Waals surface area contributed by atoms with Crippen LogP contribution in [0.1, 0.15) is 16.1 Å². The summed E-state index contributed by atoms with van der Waals surface area (Å²) in [6, 6.07) is 24.6. The second-order valence-electron chi connectivity index (χ2n) is 6.03. The second-order valence-corrected chi connectivity index (χ2v) is 6.03. The number of hydrogen-bond donors (Lipinski definition) is 0. The normalized spacial score (nSPS) is 10.5. The molecule has 0 bridgehead atoms. The molecule has 0 saturated heterocycles. The van der Waals surface area contributed by atoms with Crippen molar-refractivity contribution in [2.24, 2.45) is 0 Å². The van der Waals surface area contributed by atoms with Crippen LogP contribution in [0.15, 0.2) is 95.8 Å². The van der Waals surface area contributed by atoms with E-state index in [1.54, 1.807) is 23.4 Å². The third kappa shape index (κ3) is 3.77. The highest BCUT2D eigenvalue weighted by molar-refractivity contribution is 6.05. The molecule has 0 radical (unpaired) electrons. The third-order valence-electron chi connectivity index (χ3n) is 4.16. The zero-order valence-electron chi connectivity index (χ0n) is 14.5. The van der Waals surface area contributed by atoms with Gasteiger partial charge in [-0.05, 0) is 23.8 Å². The summed E-state index contributed by atoms with van der Waals surface area (Å²) in [6.45, 7) is 0.393. The molecule has 1 amide bonds. The molecule has 0 N–H and O–H groups in total. The number of rotatable bonds is 5. The summed E-state index contributed by atoms with van der Waals surface area (Å²) in [5.74, 6) is 0.337. The van der Waals surface area contributed by atoms with E-state index in [2.05, 4.69) is 10.1 Å². The Kier molecular flexibility index (Phi) is 4.74. The molecule has 0 fully saturated rings. The van der Waals surface area contributed by atoms with Gasteiger partial charge >= 0.3 is 0 Å². The summed E-state index contributed by atoms with van der Waals surface area (Å²) in [4.78, 5) is 19.0. The molecule has 0 spiro atoms. The van der Waals surface area contributed by atoms with Crippen LogP contribution in [0.3, 0.4) is 0 Å². The van der Waals surface area contributed by atoms with Crippen LogP contribution in [0.2, 0.25) is 0 Å². The van der Waals surface area contributed by atoms with E-state index in [1.807, 2.05) is 72.8 Å². The second kappa shape index (κ2) is 7.66. The molecular formula is C22H17N3O2. The van der Waals surface area contributed by atoms with E-state index in [-0.39, 0.29) is 11.6 Å². The molecule has 5 nitrogen and oxygen atoms in total. The maximum atomic E-state index is 13.2. The topological polar surface area (TPSA) is 59.2 Å². The molecule has 132 valence electrons. The number of aromatic nitrogens is 2. The predicted octanol–water partition coefficient (Wildman–Crippen LogP) is 4.58. The van der Waals surface area contributed by atoms with Crippen LogP contribution < -0.4 is 4.90 Å². The van der Waals surface area contributed by atoms with Gasteiger partial charge < -0.3 is 9.42 Å². The van der Waals surface area contributed by atoms with E-state index in [0.29, 0.717) is 12.3 Å². The molecule has 2 aromatic carbocycles. The fraction of sp³-hybridized carbons (Fsp3) is 0.0455. The Bertz CT molecular complexity index is 1020. The average Bonchev–Trinajstić information content (AvgIpc) is 3.24. The zero-order chi connectivity index (χ0) is 18.5. The Balaban J connectivity index is 1.66. The van der Waals surface area contributed by atoms with Crippen molar-refractivity contribution in [2.45, 2.75) is 6.54 Å². The van der Waals surface area contributed by atoms with Gasteiger partial charge in [0.15, 0.2) is 11.5 Å². The van der Waals surface area contributed by atoms with Crippen molar-refractivity contribution in [3.63, 3.8) is 0 Å². The van der Waals surface area contributed by atoms with Gasteiger partial charge in [0.05, 0.1) is 6.54 Å². The van der Waals surface area contributed by atoms with Crippen molar-refractivity contribution in [3.05, 3.63) is 103 Å². The molecule has 0 atom stereocenters. The highest BCUT2D eigenvalue weighted by atomic mass is 16.5. The predicted molar refractivity (Wildman–Crippen MR) is 103 cm³/mol. The molecule has 4 rings (SSSR count). The number of anilines is 1. The fourth-order valence-electron chi connectivity index (χ4n) is 2.82. The molecule has 4 aromatic rings. The van der Waals surface area contributed by atoms with Crippen LogP contribution in [-0.2, 0) is 6.54 Å². The van der Waals surface area contributed by atoms with E-state index in [1.165, 1.54) is 0 Å². The average molecular weight is 355 g/mol. The Hall–Kier alpha value is -3.73. The van der Waals surface area contributed by atoms with Gasteiger partial charge in [-0.15, -0.1) is 0 Å². The Morgan fingerprint density at radius 3 is 2.37 bits per heavy atom. The van der Waals surface area contributed by atoms with Crippen molar-refractivity contribution in [1.82, 2.24) is 10.1 Å². The standard InChI is InChI=1S/C22H17N3O2/c26-22(20-14-21(27-24-20)18-9-3-1-4-10-18)25(19-11-5-2-6-12-19)16-17-8-7-13-23-15-17/h1-15H,16H2. The van der Waals surface area contributed by atoms with E-state index in [4.69, 9.17) is 4.52 Å². The van der Waals surface area contributed by atoms with Crippen LogP contribution in [0, 0.1) is 0 Å². The Morgan fingerprint density at radius 1 is 0.926 bits per heavy atom. The zero-order valence-corrected chi connectivity index (χ0v) is 14.5. The van der Waals surface area contributed by atoms with Crippen LogP contribution >= 0.6 is 0 Å². The van der Waals surface area contributed by atoms with Crippen LogP contribution in [-0.4, -0.2) is 16.0 Å². The third-order valence-corrected chi connectivity index (χ3v) is 4.16. The van der Waals surface area contributed by atoms with Gasteiger partial charge in [0, 0.05) is 29.7 Å². The molecular weight excluding hydrogens is 338 g/mol. The van der Waals surface area contributed by atoms with Crippen molar-refractivity contribution in [2.75, 3.05) is 4.90 Å². The minimum absolute atomic E-state index is 0.226. The lowest BCUT2D eigenvalue weighted by atomic mass is 10.1. The van der Waals surface area contributed by atoms with E-state index in [9.17, 15) is 4.79 Å². The van der Waals surface area contributed by atoms with Gasteiger partial charge in [-0.25, -0.2) is 0 Å². The summed E-state index contributed by atoms with van der Waals surface area (Å²) in [5.41, 5.74) is 2.86. The number of hydrogen-bond acceptors (Lipinski definition) is 4. The fourth-order valence-corrected chi connectivity index (χ4v) is 2.82. The van der Waals surface area contributed by atoms with Crippen molar-refractivity contribution < 1.29 is 9.32 Å². The number of benzene rings is 2. The Labute approximate surface area is 156 Å². The highest BCUT2D eigenvalue weighted by Gasteiger charge is 2.22. The summed E-state index contributed by atoms with van der Waals surface area (Å²) < 4.78 is 5.40. The molecule has 0 unspecified atom stereocenters. The SMILES string of the molecule is O=C(c1cc(-c2ccccc2)on1)N(Cc1cccnc1)c1ccccc1. The number of carbonyl (C=O) groups excluding carboxylic acids is 1. The maximum absolute atomic E-state index is 13.2. The molecule has 27 heavy (non-hydrogen) atoms. The van der Waals surface area contributed by atoms with Gasteiger partial charge in [0.25, 0.3) is 5.91 Å². The minimum atomic E-state index is -0.226. The van der Waals surface area contributed by atoms with Crippen LogP contribution in [0.25, 0.3) is 11.3 Å². The first-order valence-corrected chi connectivity index (χ1v) is 8.59. The summed E-state index contributed by atoms with van der Waals surface area (Å²) in [5, 5.41) is 4.00. The molecule has 0 saturated carbocycles. The lowest BCUT2D eigenvalue weighted by molar-refractivity contribution is 0.0976. The minimum Gasteiger partial charge on any atom is -0.355 e. The van der Waals surface area contributed by atoms with Gasteiger partial charge in [-0.1, -0.05) is 59.8 Å². The smallest absolute Gasteiger partial charge is 0.280 e. The summed E-state index contributed by atoms with van der Waals surface area (Å²) in [6.07, 6.45) is 3.46. The number of amides is 1. The number of para-hydroxylation sites is 1. The van der Waals surface area contributed by atoms with E-state index >= 15 is 0 Å². The number of pyridine rings is 1. The van der Waals surface area contributed by atoms with E-state index < -0.39 is 0 Å². The first kappa shape index (κ1) is 16.7. The van der Waals surface area contributed by atoms with Crippen LogP contribution in [0.4, 0.5) is 5.69 Å². The summed E-state index contributed by atoms with van der Waals surface area (Å²) in [7, 11) is 0. The molecule has 5 heteroatoms. The van der Waals surface area contributed by atoms with Gasteiger partial charge in [0.2, 0.25) is 0 Å². The number of nitrogens with zero attached hydrogens (tertiary/aromatic N) is 3. The lowest BCUT2D eigenvalue weighted by Crippen LogP contribution is -2.30. The lowest BCUT2D eigenvalue weighted by Gasteiger charge is -2.21. The van der Waals surface area contributed by atoms with Gasteiger partial charge in [-0.3, -0.25) is 9.78 Å². The van der Waals surface area contributed by atoms with Crippen molar-refractivity contribution >= 4 is 11.6 Å². The molecule has 2 heterocycles.